The maximum Gasteiger partial charge on any atom is 0.306 e. The largest absolute Gasteiger partial charge is 0.756 e. The normalized spacial score (nSPS) is 13.4. The molecule has 0 aromatic heterocycles. The third-order valence-corrected chi connectivity index (χ3v) is 16.6. The number of carbonyl (C=O) groups is 2. The molecule has 0 rings (SSSR count). The quantitative estimate of drug-likeness (QED) is 0.0195. The highest BCUT2D eigenvalue weighted by Gasteiger charge is 2.22. The highest BCUT2D eigenvalue weighted by atomic mass is 31.2. The second kappa shape index (κ2) is 62.5. The Kier molecular flexibility index (Phi) is 60.9. The first-order valence-corrected chi connectivity index (χ1v) is 36.3. The summed E-state index contributed by atoms with van der Waals surface area (Å²) in [5.41, 5.74) is 0. The monoisotopic (exact) mass is 1160 g/mol. The van der Waals surface area contributed by atoms with Crippen LogP contribution in [0.1, 0.15) is 341 Å². The molecule has 0 aliphatic rings. The molecule has 0 aliphatic heterocycles. The van der Waals surface area contributed by atoms with Crippen LogP contribution in [0.25, 0.3) is 0 Å². The van der Waals surface area contributed by atoms with Gasteiger partial charge in [-0.3, -0.25) is 14.2 Å². The van der Waals surface area contributed by atoms with Gasteiger partial charge in [-0.15, -0.1) is 0 Å². The van der Waals surface area contributed by atoms with Crippen molar-refractivity contribution in [3.8, 4) is 0 Å². The Bertz CT molecular complexity index is 1510. The number of ether oxygens (including phenoxy) is 2. The molecule has 10 heteroatoms. The second-order valence-electron chi connectivity index (χ2n) is 24.9. The summed E-state index contributed by atoms with van der Waals surface area (Å²) < 4.78 is 34.3. The number of phosphoric ester groups is 1. The van der Waals surface area contributed by atoms with Crippen molar-refractivity contribution in [2.75, 3.05) is 47.5 Å². The molecule has 2 atom stereocenters. The SMILES string of the molecule is CC/C=C\C/C=C\C/C=C\C/C=C\CCCCCCCCCCCCCCCCCCCCCCC(=O)OC(COC(=O)CCCCCCCCCCCCCCCCCCCCCCCCCC)COP(=O)([O-])OCC[N+](C)(C)C. The molecule has 0 saturated carbocycles. The van der Waals surface area contributed by atoms with Gasteiger partial charge < -0.3 is 27.9 Å². The minimum absolute atomic E-state index is 0.0279. The molecule has 0 N–H and O–H groups in total. The summed E-state index contributed by atoms with van der Waals surface area (Å²) in [4.78, 5) is 38.0. The first-order valence-electron chi connectivity index (χ1n) is 34.8. The molecule has 476 valence electrons. The average Bonchev–Trinajstić information content (AvgIpc) is 3.43. The fraction of sp³-hybridized carbons (Fsp3) is 0.859. The van der Waals surface area contributed by atoms with Gasteiger partial charge in [0.2, 0.25) is 0 Å². The lowest BCUT2D eigenvalue weighted by Gasteiger charge is -2.28. The van der Waals surface area contributed by atoms with Gasteiger partial charge in [-0.2, -0.15) is 0 Å². The number of hydrogen-bond donors (Lipinski definition) is 0. The van der Waals surface area contributed by atoms with Crippen LogP contribution in [0.2, 0.25) is 0 Å². The van der Waals surface area contributed by atoms with Gasteiger partial charge in [0.1, 0.15) is 19.8 Å². The van der Waals surface area contributed by atoms with Crippen LogP contribution in [-0.4, -0.2) is 70.0 Å². The summed E-state index contributed by atoms with van der Waals surface area (Å²) in [7, 11) is 1.19. The van der Waals surface area contributed by atoms with Gasteiger partial charge >= 0.3 is 11.9 Å². The molecule has 0 bridgehead atoms. The van der Waals surface area contributed by atoms with Crippen LogP contribution >= 0.6 is 7.82 Å². The molecule has 0 fully saturated rings. The maximum atomic E-state index is 12.9. The summed E-state index contributed by atoms with van der Waals surface area (Å²) in [5.74, 6) is -0.811. The third-order valence-electron chi connectivity index (χ3n) is 15.6. The number of rotatable bonds is 65. The van der Waals surface area contributed by atoms with Crippen LogP contribution in [0.3, 0.4) is 0 Å². The van der Waals surface area contributed by atoms with E-state index >= 15 is 0 Å². The molecular weight excluding hydrogens is 1030 g/mol. The van der Waals surface area contributed by atoms with E-state index in [1.165, 1.54) is 250 Å². The number of unbranched alkanes of at least 4 members (excludes halogenated alkanes) is 43. The van der Waals surface area contributed by atoms with Crippen molar-refractivity contribution in [2.24, 2.45) is 0 Å². The van der Waals surface area contributed by atoms with E-state index in [9.17, 15) is 19.0 Å². The Morgan fingerprint density at radius 2 is 0.704 bits per heavy atom. The first-order chi connectivity index (χ1) is 39.5. The maximum absolute atomic E-state index is 12.9. The van der Waals surface area contributed by atoms with E-state index in [1.54, 1.807) is 0 Å². The van der Waals surface area contributed by atoms with Crippen molar-refractivity contribution in [3.63, 3.8) is 0 Å². The number of likely N-dealkylation sites (N-methyl/N-ethyl adjacent to an activating group) is 1. The van der Waals surface area contributed by atoms with Crippen molar-refractivity contribution in [1.29, 1.82) is 0 Å². The molecule has 81 heavy (non-hydrogen) atoms. The van der Waals surface area contributed by atoms with E-state index in [-0.39, 0.29) is 32.0 Å². The summed E-state index contributed by atoms with van der Waals surface area (Å²) >= 11 is 0. The highest BCUT2D eigenvalue weighted by molar-refractivity contribution is 7.45. The predicted octanol–water partition coefficient (Wildman–Crippen LogP) is 21.8. The van der Waals surface area contributed by atoms with Crippen molar-refractivity contribution in [3.05, 3.63) is 48.6 Å². The van der Waals surface area contributed by atoms with Crippen molar-refractivity contribution in [2.45, 2.75) is 347 Å². The lowest BCUT2D eigenvalue weighted by molar-refractivity contribution is -0.870. The fourth-order valence-electron chi connectivity index (χ4n) is 10.3. The van der Waals surface area contributed by atoms with Crippen LogP contribution in [0.15, 0.2) is 48.6 Å². The molecule has 0 amide bonds. The fourth-order valence-corrected chi connectivity index (χ4v) is 11.0. The van der Waals surface area contributed by atoms with Crippen molar-refractivity contribution < 1.29 is 42.1 Å². The zero-order chi connectivity index (χ0) is 59.1. The molecule has 0 saturated heterocycles. The third kappa shape index (κ3) is 67.0. The molecule has 0 aliphatic carbocycles. The Hall–Kier alpha value is -2.03. The number of allylic oxidation sites excluding steroid dienone is 8. The Morgan fingerprint density at radius 1 is 0.395 bits per heavy atom. The summed E-state index contributed by atoms with van der Waals surface area (Å²) in [6.45, 7) is 4.20. The molecule has 0 heterocycles. The van der Waals surface area contributed by atoms with Gasteiger partial charge in [-0.25, -0.2) is 0 Å². The van der Waals surface area contributed by atoms with E-state index in [1.807, 2.05) is 21.1 Å². The number of hydrogen-bond acceptors (Lipinski definition) is 8. The van der Waals surface area contributed by atoms with Gasteiger partial charge in [-0.05, 0) is 51.4 Å². The zero-order valence-corrected chi connectivity index (χ0v) is 55.1. The van der Waals surface area contributed by atoms with Gasteiger partial charge in [0.25, 0.3) is 7.82 Å². The minimum atomic E-state index is -4.64. The van der Waals surface area contributed by atoms with Gasteiger partial charge in [0, 0.05) is 12.8 Å². The van der Waals surface area contributed by atoms with Crippen LogP contribution < -0.4 is 4.89 Å². The number of nitrogens with zero attached hydrogens (tertiary/aromatic N) is 1. The zero-order valence-electron chi connectivity index (χ0n) is 54.2. The van der Waals surface area contributed by atoms with E-state index in [0.717, 1.165) is 57.8 Å². The van der Waals surface area contributed by atoms with Gasteiger partial charge in [0.15, 0.2) is 6.10 Å². The Morgan fingerprint density at radius 3 is 1.05 bits per heavy atom. The Balaban J connectivity index is 3.99. The summed E-state index contributed by atoms with van der Waals surface area (Å²) in [6, 6.07) is 0. The lowest BCUT2D eigenvalue weighted by atomic mass is 10.0. The minimum Gasteiger partial charge on any atom is -0.756 e. The van der Waals surface area contributed by atoms with Crippen LogP contribution in [0.5, 0.6) is 0 Å². The molecular formula is C71H134NO8P. The second-order valence-corrected chi connectivity index (χ2v) is 26.3. The number of phosphoric acid groups is 1. The van der Waals surface area contributed by atoms with E-state index in [2.05, 4.69) is 62.5 Å². The molecule has 2 unspecified atom stereocenters. The van der Waals surface area contributed by atoms with Gasteiger partial charge in [-0.1, -0.05) is 326 Å². The number of quaternary nitrogens is 1. The Labute approximate surface area is 503 Å². The molecule has 9 nitrogen and oxygen atoms in total. The van der Waals surface area contributed by atoms with E-state index in [0.29, 0.717) is 17.4 Å². The standard InChI is InChI=1S/C71H134NO8P/c1-6-8-10-12-14-16-18-20-22-24-26-28-30-32-33-34-35-36-37-38-39-40-42-44-46-48-50-52-54-56-58-60-62-64-71(74)80-69(68-79-81(75,76)78-66-65-72(3,4)5)67-77-70(73)63-61-59-57-55-53-51-49-47-45-43-41-31-29-27-25-23-21-19-17-15-13-11-9-7-2/h8,10,14,16,20,22,26,28,69H,6-7,9,11-13,15,17-19,21,23-25,27,29-68H2,1-5H3/b10-8-,16-14-,22-20-,28-26-. The molecule has 0 aromatic rings. The number of esters is 2. The van der Waals surface area contributed by atoms with Crippen molar-refractivity contribution in [1.82, 2.24) is 0 Å². The van der Waals surface area contributed by atoms with E-state index < -0.39 is 26.5 Å². The molecule has 0 aromatic carbocycles. The van der Waals surface area contributed by atoms with Crippen molar-refractivity contribution >= 4 is 19.8 Å². The number of carbonyl (C=O) groups excluding carboxylic acids is 2. The molecule has 0 radical (unpaired) electrons. The summed E-state index contributed by atoms with van der Waals surface area (Å²) in [5, 5.41) is 0. The highest BCUT2D eigenvalue weighted by Crippen LogP contribution is 2.38. The van der Waals surface area contributed by atoms with Gasteiger partial charge in [0.05, 0.1) is 27.7 Å². The lowest BCUT2D eigenvalue weighted by Crippen LogP contribution is -2.37. The smallest absolute Gasteiger partial charge is 0.306 e. The first kappa shape index (κ1) is 79.0. The van der Waals surface area contributed by atoms with Crippen LogP contribution in [-0.2, 0) is 32.7 Å². The summed E-state index contributed by atoms with van der Waals surface area (Å²) in [6.07, 6.45) is 80.5. The van der Waals surface area contributed by atoms with E-state index in [4.69, 9.17) is 18.5 Å². The topological polar surface area (TPSA) is 111 Å². The molecule has 0 spiro atoms. The average molecular weight is 1160 g/mol. The predicted molar refractivity (Wildman–Crippen MR) is 347 cm³/mol. The van der Waals surface area contributed by atoms with Crippen LogP contribution in [0, 0.1) is 0 Å². The van der Waals surface area contributed by atoms with Crippen LogP contribution in [0.4, 0.5) is 0 Å².